The standard InChI is InChI=1S/C12H11N7O2/c1-7-3-4-10(19(20)21)8(2)11(7)14-6-9(5-13)12-15-17-18-16-12/h3-4,6,14H,1-2H3,(H,15,16,17,18). The average molecular weight is 285 g/mol. The largest absolute Gasteiger partial charge is 0.360 e. The summed E-state index contributed by atoms with van der Waals surface area (Å²) in [4.78, 5) is 10.5. The molecule has 9 nitrogen and oxygen atoms in total. The summed E-state index contributed by atoms with van der Waals surface area (Å²) in [5.41, 5.74) is 2.05. The molecular weight excluding hydrogens is 274 g/mol. The second kappa shape index (κ2) is 5.79. The van der Waals surface area contributed by atoms with Gasteiger partial charge < -0.3 is 5.32 Å². The fraction of sp³-hybridized carbons (Fsp3) is 0.167. The number of aromatic nitrogens is 4. The number of hydrogen-bond donors (Lipinski definition) is 2. The Balaban J connectivity index is 2.38. The lowest BCUT2D eigenvalue weighted by atomic mass is 10.1. The summed E-state index contributed by atoms with van der Waals surface area (Å²) < 4.78 is 0. The Labute approximate surface area is 119 Å². The number of tetrazole rings is 1. The van der Waals surface area contributed by atoms with Gasteiger partial charge in [-0.3, -0.25) is 10.1 Å². The minimum Gasteiger partial charge on any atom is -0.360 e. The Morgan fingerprint density at radius 3 is 2.86 bits per heavy atom. The monoisotopic (exact) mass is 285 g/mol. The summed E-state index contributed by atoms with van der Waals surface area (Å²) in [5, 5.41) is 35.9. The smallest absolute Gasteiger partial charge is 0.274 e. The quantitative estimate of drug-likeness (QED) is 0.496. The van der Waals surface area contributed by atoms with E-state index in [2.05, 4.69) is 25.9 Å². The number of nitriles is 1. The molecule has 0 bridgehead atoms. The van der Waals surface area contributed by atoms with Crippen molar-refractivity contribution >= 4 is 16.9 Å². The Bertz CT molecular complexity index is 744. The van der Waals surface area contributed by atoms with Gasteiger partial charge in [0, 0.05) is 12.3 Å². The van der Waals surface area contributed by atoms with Crippen LogP contribution in [0.3, 0.4) is 0 Å². The van der Waals surface area contributed by atoms with E-state index >= 15 is 0 Å². The van der Waals surface area contributed by atoms with Gasteiger partial charge in [0.05, 0.1) is 16.2 Å². The number of rotatable bonds is 4. The number of nitrogens with one attached hydrogen (secondary N) is 2. The molecule has 1 heterocycles. The van der Waals surface area contributed by atoms with Crippen LogP contribution in [-0.2, 0) is 0 Å². The average Bonchev–Trinajstić information content (AvgIpc) is 2.96. The highest BCUT2D eigenvalue weighted by Gasteiger charge is 2.15. The molecule has 0 atom stereocenters. The highest BCUT2D eigenvalue weighted by Crippen LogP contribution is 2.29. The fourth-order valence-electron chi connectivity index (χ4n) is 1.82. The molecule has 0 fully saturated rings. The Kier molecular flexibility index (Phi) is 3.90. The molecule has 106 valence electrons. The molecule has 0 saturated carbocycles. The summed E-state index contributed by atoms with van der Waals surface area (Å²) in [6.07, 6.45) is 1.39. The van der Waals surface area contributed by atoms with Crippen molar-refractivity contribution < 1.29 is 4.92 Å². The molecule has 0 saturated heterocycles. The number of nitro benzene ring substituents is 1. The molecule has 0 aliphatic carbocycles. The lowest BCUT2D eigenvalue weighted by Crippen LogP contribution is -2.00. The van der Waals surface area contributed by atoms with Crippen LogP contribution in [0.1, 0.15) is 17.0 Å². The first-order chi connectivity index (χ1) is 10.0. The second-order valence-electron chi connectivity index (χ2n) is 4.21. The highest BCUT2D eigenvalue weighted by atomic mass is 16.6. The zero-order chi connectivity index (χ0) is 15.4. The van der Waals surface area contributed by atoms with E-state index in [-0.39, 0.29) is 17.1 Å². The molecule has 21 heavy (non-hydrogen) atoms. The minimum atomic E-state index is -0.450. The first-order valence-corrected chi connectivity index (χ1v) is 5.89. The molecule has 9 heteroatoms. The zero-order valence-electron chi connectivity index (χ0n) is 11.3. The summed E-state index contributed by atoms with van der Waals surface area (Å²) >= 11 is 0. The van der Waals surface area contributed by atoms with E-state index in [0.29, 0.717) is 11.3 Å². The molecule has 0 aliphatic rings. The van der Waals surface area contributed by atoms with Crippen molar-refractivity contribution in [1.29, 1.82) is 5.26 Å². The zero-order valence-corrected chi connectivity index (χ0v) is 11.3. The van der Waals surface area contributed by atoms with Crippen LogP contribution in [0, 0.1) is 35.3 Å². The first kappa shape index (κ1) is 14.1. The third-order valence-corrected chi connectivity index (χ3v) is 2.91. The summed E-state index contributed by atoms with van der Waals surface area (Å²) in [5.74, 6) is 0.144. The summed E-state index contributed by atoms with van der Waals surface area (Å²) in [6.45, 7) is 3.45. The first-order valence-electron chi connectivity index (χ1n) is 5.89. The number of aryl methyl sites for hydroxylation is 1. The van der Waals surface area contributed by atoms with E-state index in [1.165, 1.54) is 12.3 Å². The van der Waals surface area contributed by atoms with E-state index < -0.39 is 4.92 Å². The van der Waals surface area contributed by atoms with Crippen molar-refractivity contribution in [3.05, 3.63) is 45.4 Å². The van der Waals surface area contributed by atoms with Gasteiger partial charge in [0.25, 0.3) is 5.69 Å². The van der Waals surface area contributed by atoms with E-state index in [1.54, 1.807) is 13.0 Å². The molecule has 0 radical (unpaired) electrons. The molecule has 0 amide bonds. The molecule has 2 rings (SSSR count). The van der Waals surface area contributed by atoms with Crippen LogP contribution in [0.4, 0.5) is 11.4 Å². The Morgan fingerprint density at radius 2 is 2.29 bits per heavy atom. The maximum absolute atomic E-state index is 10.9. The van der Waals surface area contributed by atoms with Gasteiger partial charge in [0.2, 0.25) is 5.82 Å². The summed E-state index contributed by atoms with van der Waals surface area (Å²) in [7, 11) is 0. The van der Waals surface area contributed by atoms with Gasteiger partial charge in [-0.25, -0.2) is 0 Å². The molecule has 1 aromatic carbocycles. The Hall–Kier alpha value is -3.28. The van der Waals surface area contributed by atoms with Crippen molar-refractivity contribution in [3.8, 4) is 6.07 Å². The van der Waals surface area contributed by atoms with Gasteiger partial charge in [-0.15, -0.1) is 10.2 Å². The van der Waals surface area contributed by atoms with Crippen LogP contribution >= 0.6 is 0 Å². The van der Waals surface area contributed by atoms with E-state index in [9.17, 15) is 10.1 Å². The third kappa shape index (κ3) is 2.84. The number of nitrogens with zero attached hydrogens (tertiary/aromatic N) is 5. The predicted molar refractivity (Wildman–Crippen MR) is 74.0 cm³/mol. The molecular formula is C12H11N7O2. The van der Waals surface area contributed by atoms with Crippen LogP contribution in [0.2, 0.25) is 0 Å². The SMILES string of the molecule is Cc1ccc([N+](=O)[O-])c(C)c1NC=C(C#N)c1nn[nH]n1. The number of H-pyrrole nitrogens is 1. The normalized spacial score (nSPS) is 11.0. The van der Waals surface area contributed by atoms with Crippen molar-refractivity contribution in [3.63, 3.8) is 0 Å². The molecule has 2 N–H and O–H groups in total. The number of hydrogen-bond acceptors (Lipinski definition) is 7. The Morgan fingerprint density at radius 1 is 1.52 bits per heavy atom. The van der Waals surface area contributed by atoms with Gasteiger partial charge in [-0.1, -0.05) is 6.07 Å². The number of nitro groups is 1. The van der Waals surface area contributed by atoms with Crippen molar-refractivity contribution in [1.82, 2.24) is 20.6 Å². The fourth-order valence-corrected chi connectivity index (χ4v) is 1.82. The third-order valence-electron chi connectivity index (χ3n) is 2.91. The second-order valence-corrected chi connectivity index (χ2v) is 4.21. The molecule has 1 aromatic heterocycles. The maximum atomic E-state index is 10.9. The highest BCUT2D eigenvalue weighted by molar-refractivity contribution is 5.75. The number of anilines is 1. The molecule has 2 aromatic rings. The van der Waals surface area contributed by atoms with E-state index in [0.717, 1.165) is 5.56 Å². The summed E-state index contributed by atoms with van der Waals surface area (Å²) in [6, 6.07) is 5.02. The van der Waals surface area contributed by atoms with E-state index in [4.69, 9.17) is 5.26 Å². The number of benzene rings is 1. The molecule has 0 spiro atoms. The van der Waals surface area contributed by atoms with Crippen LogP contribution < -0.4 is 5.32 Å². The van der Waals surface area contributed by atoms with Gasteiger partial charge >= 0.3 is 0 Å². The lowest BCUT2D eigenvalue weighted by molar-refractivity contribution is -0.385. The van der Waals surface area contributed by atoms with Crippen LogP contribution in [-0.4, -0.2) is 25.5 Å². The topological polar surface area (TPSA) is 133 Å². The van der Waals surface area contributed by atoms with Gasteiger partial charge in [0.1, 0.15) is 11.6 Å². The minimum absolute atomic E-state index is 0.00886. The van der Waals surface area contributed by atoms with Gasteiger partial charge in [-0.2, -0.15) is 10.5 Å². The molecule has 0 aliphatic heterocycles. The van der Waals surface area contributed by atoms with Gasteiger partial charge in [-0.05, 0) is 24.6 Å². The van der Waals surface area contributed by atoms with Crippen molar-refractivity contribution in [2.75, 3.05) is 5.32 Å². The van der Waals surface area contributed by atoms with Gasteiger partial charge in [0.15, 0.2) is 0 Å². The number of aromatic amines is 1. The van der Waals surface area contributed by atoms with Crippen molar-refractivity contribution in [2.24, 2.45) is 0 Å². The van der Waals surface area contributed by atoms with E-state index in [1.807, 2.05) is 13.0 Å². The van der Waals surface area contributed by atoms with Crippen molar-refractivity contribution in [2.45, 2.75) is 13.8 Å². The van der Waals surface area contributed by atoms with Crippen LogP contribution in [0.15, 0.2) is 18.3 Å². The van der Waals surface area contributed by atoms with Crippen LogP contribution in [0.5, 0.6) is 0 Å². The predicted octanol–water partition coefficient (Wildman–Crippen LogP) is 1.70. The number of allylic oxidation sites excluding steroid dienone is 1. The molecule has 0 unspecified atom stereocenters. The van der Waals surface area contributed by atoms with Crippen LogP contribution in [0.25, 0.3) is 5.57 Å². The maximum Gasteiger partial charge on any atom is 0.274 e. The lowest BCUT2D eigenvalue weighted by Gasteiger charge is -2.09.